The zero-order valence-corrected chi connectivity index (χ0v) is 15.0. The second kappa shape index (κ2) is 7.37. The van der Waals surface area contributed by atoms with Crippen LogP contribution in [0, 0.1) is 13.8 Å². The molecule has 1 amide bonds. The van der Waals surface area contributed by atoms with Crippen molar-refractivity contribution in [3.8, 4) is 0 Å². The van der Waals surface area contributed by atoms with Gasteiger partial charge in [0.05, 0.1) is 10.6 Å². The Hall–Kier alpha value is -3.19. The predicted octanol–water partition coefficient (Wildman–Crippen LogP) is 3.72. The molecule has 8 heteroatoms. The second-order valence-electron chi connectivity index (χ2n) is 5.69. The Morgan fingerprint density at radius 3 is 2.62 bits per heavy atom. The van der Waals surface area contributed by atoms with Gasteiger partial charge in [0.25, 0.3) is 5.91 Å². The molecule has 3 rings (SSSR count). The van der Waals surface area contributed by atoms with Gasteiger partial charge in [-0.05, 0) is 38.1 Å². The Labute approximate surface area is 155 Å². The number of nitrogens with two attached hydrogens (primary N) is 1. The zero-order chi connectivity index (χ0) is 18.7. The van der Waals surface area contributed by atoms with Crippen LogP contribution in [0.1, 0.15) is 21.9 Å². The molecule has 0 fully saturated rings. The highest BCUT2D eigenvalue weighted by Crippen LogP contribution is 2.22. The molecule has 0 saturated carbocycles. The lowest BCUT2D eigenvalue weighted by Gasteiger charge is -2.10. The first-order valence-corrected chi connectivity index (χ1v) is 8.20. The maximum absolute atomic E-state index is 12.4. The molecule has 4 N–H and O–H groups in total. The van der Waals surface area contributed by atoms with Crippen LogP contribution in [-0.4, -0.2) is 20.9 Å². The third-order valence-electron chi connectivity index (χ3n) is 3.48. The van der Waals surface area contributed by atoms with E-state index in [-0.39, 0.29) is 5.91 Å². The van der Waals surface area contributed by atoms with Crippen LogP contribution in [0.25, 0.3) is 0 Å². The Kier molecular flexibility index (Phi) is 4.99. The lowest BCUT2D eigenvalue weighted by molar-refractivity contribution is 0.102. The molecule has 132 valence electrons. The largest absolute Gasteiger partial charge is 0.399 e. The Balaban J connectivity index is 1.77. The van der Waals surface area contributed by atoms with Gasteiger partial charge in [-0.3, -0.25) is 4.79 Å². The highest BCUT2D eigenvalue weighted by Gasteiger charge is 2.11. The van der Waals surface area contributed by atoms with E-state index in [1.165, 1.54) is 6.07 Å². The number of carbonyl (C=O) groups is 1. The van der Waals surface area contributed by atoms with Crippen LogP contribution in [0.3, 0.4) is 0 Å². The maximum Gasteiger partial charge on any atom is 0.257 e. The molecule has 0 aliphatic carbocycles. The van der Waals surface area contributed by atoms with Crippen molar-refractivity contribution in [1.82, 2.24) is 15.0 Å². The molecule has 0 saturated heterocycles. The predicted molar refractivity (Wildman–Crippen MR) is 103 cm³/mol. The van der Waals surface area contributed by atoms with Crippen LogP contribution in [0.2, 0.25) is 5.02 Å². The topological polar surface area (TPSA) is 106 Å². The molecule has 0 atom stereocenters. The molecule has 0 radical (unpaired) electrons. The summed E-state index contributed by atoms with van der Waals surface area (Å²) in [6.07, 6.45) is 1.59. The van der Waals surface area contributed by atoms with Crippen molar-refractivity contribution < 1.29 is 4.79 Å². The minimum Gasteiger partial charge on any atom is -0.399 e. The minimum absolute atomic E-state index is 0.293. The molecule has 3 aromatic rings. The molecule has 0 unspecified atom stereocenters. The Bertz CT molecular complexity index is 955. The molecule has 2 heterocycles. The first-order chi connectivity index (χ1) is 12.4. The van der Waals surface area contributed by atoms with Crippen LogP contribution >= 0.6 is 11.6 Å². The first kappa shape index (κ1) is 17.6. The summed E-state index contributed by atoms with van der Waals surface area (Å²) in [7, 11) is 0. The van der Waals surface area contributed by atoms with Gasteiger partial charge in [0.1, 0.15) is 17.5 Å². The van der Waals surface area contributed by atoms with E-state index in [0.717, 1.165) is 5.69 Å². The highest BCUT2D eigenvalue weighted by molar-refractivity contribution is 6.34. The van der Waals surface area contributed by atoms with Crippen molar-refractivity contribution in [2.24, 2.45) is 0 Å². The highest BCUT2D eigenvalue weighted by atomic mass is 35.5. The Morgan fingerprint density at radius 2 is 1.88 bits per heavy atom. The molecule has 0 aliphatic heterocycles. The average molecular weight is 369 g/mol. The minimum atomic E-state index is -0.333. The zero-order valence-electron chi connectivity index (χ0n) is 14.2. The van der Waals surface area contributed by atoms with Crippen molar-refractivity contribution in [3.05, 3.63) is 64.7 Å². The van der Waals surface area contributed by atoms with Gasteiger partial charge in [0.15, 0.2) is 0 Å². The number of nitrogen functional groups attached to an aromatic ring is 1. The van der Waals surface area contributed by atoms with Gasteiger partial charge in [0, 0.05) is 35.4 Å². The number of hydrogen-bond acceptors (Lipinski definition) is 6. The van der Waals surface area contributed by atoms with Gasteiger partial charge in [0.2, 0.25) is 0 Å². The standard InChI is InChI=1S/C18H17ClN6O/c1-10-7-17(23-11(2)22-10)25-16-9-13(5-6-21-16)24-18(26)14-4-3-12(20)8-15(14)19/h3-9H,20H2,1-2H3,(H2,21,22,23,24,25,26). The molecule has 1 aromatic carbocycles. The third kappa shape index (κ3) is 4.25. The SMILES string of the molecule is Cc1cc(Nc2cc(NC(=O)c3ccc(N)cc3Cl)ccn2)nc(C)n1. The van der Waals surface area contributed by atoms with Gasteiger partial charge in [-0.1, -0.05) is 11.6 Å². The average Bonchev–Trinajstić information content (AvgIpc) is 2.54. The van der Waals surface area contributed by atoms with Crippen molar-refractivity contribution in [1.29, 1.82) is 0 Å². The lowest BCUT2D eigenvalue weighted by Crippen LogP contribution is -2.13. The van der Waals surface area contributed by atoms with E-state index in [0.29, 0.717) is 39.4 Å². The number of benzene rings is 1. The quantitative estimate of drug-likeness (QED) is 0.606. The van der Waals surface area contributed by atoms with E-state index in [9.17, 15) is 4.79 Å². The van der Waals surface area contributed by atoms with E-state index in [1.807, 2.05) is 19.9 Å². The van der Waals surface area contributed by atoms with E-state index >= 15 is 0 Å². The van der Waals surface area contributed by atoms with Crippen LogP contribution in [-0.2, 0) is 0 Å². The van der Waals surface area contributed by atoms with Gasteiger partial charge in [-0.2, -0.15) is 0 Å². The summed E-state index contributed by atoms with van der Waals surface area (Å²) < 4.78 is 0. The summed E-state index contributed by atoms with van der Waals surface area (Å²) in [6, 6.07) is 9.95. The lowest BCUT2D eigenvalue weighted by atomic mass is 10.2. The van der Waals surface area contributed by atoms with E-state index in [1.54, 1.807) is 30.5 Å². The normalized spacial score (nSPS) is 10.4. The van der Waals surface area contributed by atoms with Crippen LogP contribution in [0.5, 0.6) is 0 Å². The summed E-state index contributed by atoms with van der Waals surface area (Å²) in [5.41, 5.74) is 7.91. The van der Waals surface area contributed by atoms with Crippen molar-refractivity contribution in [3.63, 3.8) is 0 Å². The van der Waals surface area contributed by atoms with Crippen LogP contribution < -0.4 is 16.4 Å². The Morgan fingerprint density at radius 1 is 1.08 bits per heavy atom. The molecule has 2 aromatic heterocycles. The third-order valence-corrected chi connectivity index (χ3v) is 3.79. The number of nitrogens with zero attached hydrogens (tertiary/aromatic N) is 3. The monoisotopic (exact) mass is 368 g/mol. The molecule has 26 heavy (non-hydrogen) atoms. The van der Waals surface area contributed by atoms with Gasteiger partial charge < -0.3 is 16.4 Å². The van der Waals surface area contributed by atoms with Gasteiger partial charge in [-0.15, -0.1) is 0 Å². The fraction of sp³-hybridized carbons (Fsp3) is 0.111. The number of halogens is 1. The summed E-state index contributed by atoms with van der Waals surface area (Å²) in [5, 5.41) is 6.19. The first-order valence-electron chi connectivity index (χ1n) is 7.82. The summed E-state index contributed by atoms with van der Waals surface area (Å²) in [5.74, 6) is 1.51. The van der Waals surface area contributed by atoms with Crippen LogP contribution in [0.15, 0.2) is 42.6 Å². The van der Waals surface area contributed by atoms with Crippen molar-refractivity contribution in [2.75, 3.05) is 16.4 Å². The number of carbonyl (C=O) groups excluding carboxylic acids is 1. The second-order valence-corrected chi connectivity index (χ2v) is 6.10. The number of hydrogen-bond donors (Lipinski definition) is 3. The fourth-order valence-corrected chi connectivity index (χ4v) is 2.68. The molecule has 0 spiro atoms. The van der Waals surface area contributed by atoms with Crippen molar-refractivity contribution in [2.45, 2.75) is 13.8 Å². The van der Waals surface area contributed by atoms with E-state index in [4.69, 9.17) is 17.3 Å². The number of aryl methyl sites for hydroxylation is 2. The maximum atomic E-state index is 12.4. The number of aromatic nitrogens is 3. The van der Waals surface area contributed by atoms with Gasteiger partial charge in [-0.25, -0.2) is 15.0 Å². The number of pyridine rings is 1. The summed E-state index contributed by atoms with van der Waals surface area (Å²) in [6.45, 7) is 3.71. The van der Waals surface area contributed by atoms with E-state index in [2.05, 4.69) is 25.6 Å². The number of amides is 1. The molecule has 0 aliphatic rings. The molecular formula is C18H17ClN6O. The molecular weight excluding hydrogens is 352 g/mol. The number of nitrogens with one attached hydrogen (secondary N) is 2. The van der Waals surface area contributed by atoms with E-state index < -0.39 is 0 Å². The smallest absolute Gasteiger partial charge is 0.257 e. The fourth-order valence-electron chi connectivity index (χ4n) is 2.40. The van der Waals surface area contributed by atoms with Gasteiger partial charge >= 0.3 is 0 Å². The molecule has 7 nitrogen and oxygen atoms in total. The van der Waals surface area contributed by atoms with Crippen molar-refractivity contribution >= 4 is 40.5 Å². The summed E-state index contributed by atoms with van der Waals surface area (Å²) in [4.78, 5) is 25.2. The number of anilines is 4. The number of rotatable bonds is 4. The summed E-state index contributed by atoms with van der Waals surface area (Å²) >= 11 is 6.08. The molecule has 0 bridgehead atoms. The van der Waals surface area contributed by atoms with Crippen LogP contribution in [0.4, 0.5) is 23.0 Å².